The summed E-state index contributed by atoms with van der Waals surface area (Å²) in [4.78, 5) is 43.8. The molecule has 0 amide bonds. The van der Waals surface area contributed by atoms with Gasteiger partial charge in [0.2, 0.25) is 0 Å². The second kappa shape index (κ2) is 7.78. The summed E-state index contributed by atoms with van der Waals surface area (Å²) in [5, 5.41) is 0.616. The van der Waals surface area contributed by atoms with Gasteiger partial charge in [-0.2, -0.15) is 0 Å². The molecule has 1 aromatic carbocycles. The van der Waals surface area contributed by atoms with Gasteiger partial charge in [0, 0.05) is 17.9 Å². The predicted molar refractivity (Wildman–Crippen MR) is 124 cm³/mol. The van der Waals surface area contributed by atoms with Crippen molar-refractivity contribution in [1.29, 1.82) is 0 Å². The molecule has 4 bridgehead atoms. The molecular formula is C27H32N2O4. The number of carbonyl (C=O) groups is 2. The van der Waals surface area contributed by atoms with Crippen LogP contribution in [0.4, 0.5) is 0 Å². The molecule has 6 heteroatoms. The van der Waals surface area contributed by atoms with Crippen molar-refractivity contribution in [3.8, 4) is 0 Å². The summed E-state index contributed by atoms with van der Waals surface area (Å²) < 4.78 is 7.42. The van der Waals surface area contributed by atoms with Gasteiger partial charge in [-0.1, -0.05) is 12.1 Å². The lowest BCUT2D eigenvalue weighted by molar-refractivity contribution is -0.165. The van der Waals surface area contributed by atoms with E-state index in [1.165, 1.54) is 19.3 Å². The van der Waals surface area contributed by atoms with Crippen molar-refractivity contribution in [2.45, 2.75) is 83.3 Å². The van der Waals surface area contributed by atoms with Gasteiger partial charge in [-0.25, -0.2) is 4.98 Å². The Morgan fingerprint density at radius 2 is 1.73 bits per heavy atom. The molecule has 0 aliphatic heterocycles. The number of fused-ring (bicyclic) bond motifs is 1. The number of para-hydroxylation sites is 1. The van der Waals surface area contributed by atoms with Gasteiger partial charge in [-0.15, -0.1) is 0 Å². The Morgan fingerprint density at radius 3 is 2.36 bits per heavy atom. The van der Waals surface area contributed by atoms with E-state index in [1.807, 2.05) is 18.2 Å². The maximum atomic E-state index is 13.4. The maximum Gasteiger partial charge on any atom is 0.306 e. The van der Waals surface area contributed by atoms with Crippen LogP contribution in [0.25, 0.3) is 10.9 Å². The number of Topliss-reactive ketones (excluding diaryl/α,β-unsaturated/α-hetero) is 1. The summed E-state index contributed by atoms with van der Waals surface area (Å²) in [5.74, 6) is 2.43. The molecule has 5 saturated carbocycles. The highest BCUT2D eigenvalue weighted by molar-refractivity contribution is 5.90. The van der Waals surface area contributed by atoms with Gasteiger partial charge in [0.1, 0.15) is 5.82 Å². The van der Waals surface area contributed by atoms with Gasteiger partial charge in [0.15, 0.2) is 11.9 Å². The number of hydrogen-bond acceptors (Lipinski definition) is 5. The van der Waals surface area contributed by atoms with Crippen molar-refractivity contribution in [2.24, 2.45) is 23.2 Å². The highest BCUT2D eigenvalue weighted by Crippen LogP contribution is 2.60. The van der Waals surface area contributed by atoms with E-state index < -0.39 is 6.10 Å². The average molecular weight is 449 g/mol. The van der Waals surface area contributed by atoms with E-state index in [2.05, 4.69) is 0 Å². The summed E-state index contributed by atoms with van der Waals surface area (Å²) in [5.41, 5.74) is 0.366. The second-order valence-electron chi connectivity index (χ2n) is 11.1. The molecule has 0 radical (unpaired) electrons. The minimum atomic E-state index is -0.705. The van der Waals surface area contributed by atoms with Crippen molar-refractivity contribution in [3.63, 3.8) is 0 Å². The minimum absolute atomic E-state index is 0.0307. The van der Waals surface area contributed by atoms with Gasteiger partial charge in [-0.05, 0) is 88.2 Å². The molecule has 174 valence electrons. The van der Waals surface area contributed by atoms with E-state index in [-0.39, 0.29) is 35.2 Å². The van der Waals surface area contributed by atoms with Gasteiger partial charge in [0.05, 0.1) is 17.3 Å². The highest BCUT2D eigenvalue weighted by Gasteiger charge is 2.55. The van der Waals surface area contributed by atoms with Crippen LogP contribution in [0.3, 0.4) is 0 Å². The summed E-state index contributed by atoms with van der Waals surface area (Å²) in [6.07, 6.45) is 8.47. The first-order valence-electron chi connectivity index (χ1n) is 12.7. The Kier molecular flexibility index (Phi) is 4.96. The first-order chi connectivity index (χ1) is 15.9. The zero-order valence-corrected chi connectivity index (χ0v) is 19.3. The lowest BCUT2D eigenvalue weighted by Gasteiger charge is -2.56. The molecule has 1 heterocycles. The number of aromatic nitrogens is 2. The summed E-state index contributed by atoms with van der Waals surface area (Å²) in [7, 11) is 0. The average Bonchev–Trinajstić information content (AvgIpc) is 3.61. The Balaban J connectivity index is 1.14. The zero-order valence-electron chi connectivity index (χ0n) is 19.3. The molecule has 0 N–H and O–H groups in total. The zero-order chi connectivity index (χ0) is 22.7. The van der Waals surface area contributed by atoms with Gasteiger partial charge in [0.25, 0.3) is 5.56 Å². The number of aryl methyl sites for hydroxylation is 1. The number of rotatable bonds is 7. The number of ketones is 1. The van der Waals surface area contributed by atoms with E-state index in [0.717, 1.165) is 32.1 Å². The van der Waals surface area contributed by atoms with Crippen LogP contribution in [0.15, 0.2) is 29.1 Å². The highest BCUT2D eigenvalue weighted by atomic mass is 16.5. The third-order valence-corrected chi connectivity index (χ3v) is 8.58. The van der Waals surface area contributed by atoms with Crippen LogP contribution in [-0.2, 0) is 20.7 Å². The van der Waals surface area contributed by atoms with Crippen LogP contribution in [0.2, 0.25) is 0 Å². The molecule has 7 rings (SSSR count). The number of benzene rings is 1. The number of hydrogen-bond donors (Lipinski definition) is 0. The van der Waals surface area contributed by atoms with Crippen LogP contribution in [-0.4, -0.2) is 27.4 Å². The van der Waals surface area contributed by atoms with E-state index in [0.29, 0.717) is 40.9 Å². The predicted octanol–water partition coefficient (Wildman–Crippen LogP) is 4.38. The topological polar surface area (TPSA) is 78.3 Å². The van der Waals surface area contributed by atoms with Crippen LogP contribution >= 0.6 is 0 Å². The van der Waals surface area contributed by atoms with Crippen LogP contribution < -0.4 is 5.56 Å². The molecule has 1 unspecified atom stereocenters. The molecule has 1 atom stereocenters. The van der Waals surface area contributed by atoms with Crippen LogP contribution in [0, 0.1) is 23.2 Å². The Morgan fingerprint density at radius 1 is 1.09 bits per heavy atom. The second-order valence-corrected chi connectivity index (χ2v) is 11.1. The smallest absolute Gasteiger partial charge is 0.306 e. The number of ether oxygens (including phenoxy) is 1. The summed E-state index contributed by atoms with van der Waals surface area (Å²) >= 11 is 0. The maximum absolute atomic E-state index is 13.4. The van der Waals surface area contributed by atoms with Crippen molar-refractivity contribution in [2.75, 3.05) is 0 Å². The molecule has 6 nitrogen and oxygen atoms in total. The lowest BCUT2D eigenvalue weighted by Crippen LogP contribution is -2.52. The van der Waals surface area contributed by atoms with Crippen LogP contribution in [0.5, 0.6) is 0 Å². The third-order valence-electron chi connectivity index (χ3n) is 8.58. The summed E-state index contributed by atoms with van der Waals surface area (Å²) in [6, 6.07) is 7.53. The van der Waals surface area contributed by atoms with Crippen molar-refractivity contribution in [1.82, 2.24) is 9.55 Å². The lowest BCUT2D eigenvalue weighted by atomic mass is 9.48. The quantitative estimate of drug-likeness (QED) is 0.588. The molecule has 0 saturated heterocycles. The van der Waals surface area contributed by atoms with Crippen LogP contribution in [0.1, 0.15) is 76.6 Å². The molecule has 0 spiro atoms. The van der Waals surface area contributed by atoms with Gasteiger partial charge < -0.3 is 4.74 Å². The number of nitrogens with zero attached hydrogens (tertiary/aromatic N) is 2. The fraction of sp³-hybridized carbons (Fsp3) is 0.630. The first-order valence-corrected chi connectivity index (χ1v) is 12.7. The van der Waals surface area contributed by atoms with Crippen molar-refractivity contribution in [3.05, 3.63) is 40.4 Å². The normalized spacial score (nSPS) is 31.0. The number of carbonyl (C=O) groups excluding carboxylic acids is 2. The minimum Gasteiger partial charge on any atom is -0.455 e. The van der Waals surface area contributed by atoms with E-state index in [1.54, 1.807) is 17.6 Å². The van der Waals surface area contributed by atoms with E-state index >= 15 is 0 Å². The molecule has 33 heavy (non-hydrogen) atoms. The Labute approximate surface area is 193 Å². The van der Waals surface area contributed by atoms with Gasteiger partial charge >= 0.3 is 5.97 Å². The SMILES string of the molecule is CC(OC(=O)CCc1nc2ccccc2c(=O)n1C1CC1)C(=O)C12CC3CC(CC(C3)C1)C2. The Hall–Kier alpha value is -2.50. The molecule has 5 fully saturated rings. The largest absolute Gasteiger partial charge is 0.455 e. The molecular weight excluding hydrogens is 416 g/mol. The molecule has 2 aromatic rings. The third kappa shape index (κ3) is 3.71. The molecule has 5 aliphatic rings. The van der Waals surface area contributed by atoms with E-state index in [9.17, 15) is 14.4 Å². The Bertz CT molecular complexity index is 1140. The summed E-state index contributed by atoms with van der Waals surface area (Å²) in [6.45, 7) is 1.74. The van der Waals surface area contributed by atoms with Gasteiger partial charge in [-0.3, -0.25) is 19.0 Å². The van der Waals surface area contributed by atoms with Crippen molar-refractivity contribution >= 4 is 22.7 Å². The number of esters is 1. The fourth-order valence-electron chi connectivity index (χ4n) is 7.44. The first kappa shape index (κ1) is 21.1. The molecule has 1 aromatic heterocycles. The fourth-order valence-corrected chi connectivity index (χ4v) is 7.44. The molecule has 5 aliphatic carbocycles. The van der Waals surface area contributed by atoms with Crippen molar-refractivity contribution < 1.29 is 14.3 Å². The standard InChI is InChI=1S/C27H32N2O4/c1-16(25(31)27-13-17-10-18(14-27)12-19(11-17)15-27)33-24(30)9-8-23-28-22-5-3-2-4-21(22)26(32)29(23)20-6-7-20/h2-5,16-20H,6-15H2,1H3. The monoisotopic (exact) mass is 448 g/mol. The van der Waals surface area contributed by atoms with E-state index in [4.69, 9.17) is 9.72 Å².